The van der Waals surface area contributed by atoms with Crippen molar-refractivity contribution in [2.45, 2.75) is 6.92 Å². The molecule has 0 spiro atoms. The smallest absolute Gasteiger partial charge is 0.160 e. The van der Waals surface area contributed by atoms with Gasteiger partial charge in [-0.2, -0.15) is 0 Å². The summed E-state index contributed by atoms with van der Waals surface area (Å²) in [5.41, 5.74) is 0.698. The molecule has 0 aliphatic carbocycles. The molecule has 3 aromatic rings. The van der Waals surface area contributed by atoms with Crippen LogP contribution in [0.1, 0.15) is 17.3 Å². The van der Waals surface area contributed by atoms with Crippen LogP contribution in [0, 0.1) is 0 Å². The molecule has 0 saturated carbocycles. The number of hydrogen-bond donors (Lipinski definition) is 1. The van der Waals surface area contributed by atoms with Gasteiger partial charge in [-0.05, 0) is 46.7 Å². The SMILES string of the molecule is CC(=O)c1cc2cc(O)ccc2c2ccccc12. The number of ketones is 1. The second-order valence-electron chi connectivity index (χ2n) is 4.43. The maximum absolute atomic E-state index is 11.7. The number of fused-ring (bicyclic) bond motifs is 3. The van der Waals surface area contributed by atoms with Crippen LogP contribution in [0.15, 0.2) is 48.5 Å². The molecule has 0 amide bonds. The van der Waals surface area contributed by atoms with E-state index in [1.165, 1.54) is 0 Å². The molecule has 0 radical (unpaired) electrons. The molecule has 0 aromatic heterocycles. The number of carbonyl (C=O) groups excluding carboxylic acids is 1. The van der Waals surface area contributed by atoms with Crippen LogP contribution < -0.4 is 0 Å². The molecule has 0 aliphatic heterocycles. The van der Waals surface area contributed by atoms with Gasteiger partial charge in [-0.15, -0.1) is 0 Å². The van der Waals surface area contributed by atoms with Gasteiger partial charge in [0.2, 0.25) is 0 Å². The maximum atomic E-state index is 11.7. The van der Waals surface area contributed by atoms with Crippen LogP contribution in [-0.4, -0.2) is 10.9 Å². The van der Waals surface area contributed by atoms with Gasteiger partial charge in [-0.3, -0.25) is 4.79 Å². The van der Waals surface area contributed by atoms with E-state index in [2.05, 4.69) is 0 Å². The van der Waals surface area contributed by atoms with E-state index in [9.17, 15) is 9.90 Å². The second kappa shape index (κ2) is 3.84. The van der Waals surface area contributed by atoms with E-state index in [0.717, 1.165) is 21.5 Å². The van der Waals surface area contributed by atoms with E-state index < -0.39 is 0 Å². The molecule has 0 unspecified atom stereocenters. The van der Waals surface area contributed by atoms with Crippen LogP contribution in [0.2, 0.25) is 0 Å². The van der Waals surface area contributed by atoms with Crippen molar-refractivity contribution >= 4 is 27.3 Å². The molecule has 1 N–H and O–H groups in total. The third-order valence-electron chi connectivity index (χ3n) is 3.22. The Morgan fingerprint density at radius 3 is 2.39 bits per heavy atom. The van der Waals surface area contributed by atoms with Gasteiger partial charge in [0, 0.05) is 5.56 Å². The zero-order chi connectivity index (χ0) is 12.7. The van der Waals surface area contributed by atoms with Gasteiger partial charge in [0.15, 0.2) is 5.78 Å². The normalized spacial score (nSPS) is 10.9. The van der Waals surface area contributed by atoms with Gasteiger partial charge in [0.1, 0.15) is 5.75 Å². The van der Waals surface area contributed by atoms with Crippen molar-refractivity contribution in [3.8, 4) is 5.75 Å². The molecule has 88 valence electrons. The van der Waals surface area contributed by atoms with Crippen LogP contribution in [-0.2, 0) is 0 Å². The van der Waals surface area contributed by atoms with Gasteiger partial charge in [0.05, 0.1) is 0 Å². The predicted octanol–water partition coefficient (Wildman–Crippen LogP) is 3.90. The fraction of sp³-hybridized carbons (Fsp3) is 0.0625. The summed E-state index contributed by atoms with van der Waals surface area (Å²) in [5, 5.41) is 13.5. The summed E-state index contributed by atoms with van der Waals surface area (Å²) < 4.78 is 0. The zero-order valence-corrected chi connectivity index (χ0v) is 9.97. The summed E-state index contributed by atoms with van der Waals surface area (Å²) in [6.07, 6.45) is 0. The first-order valence-electron chi connectivity index (χ1n) is 5.82. The van der Waals surface area contributed by atoms with Crippen molar-refractivity contribution in [2.75, 3.05) is 0 Å². The van der Waals surface area contributed by atoms with E-state index in [-0.39, 0.29) is 11.5 Å². The largest absolute Gasteiger partial charge is 0.508 e. The lowest BCUT2D eigenvalue weighted by molar-refractivity contribution is 0.101. The molecule has 0 bridgehead atoms. The summed E-state index contributed by atoms with van der Waals surface area (Å²) in [4.78, 5) is 11.7. The van der Waals surface area contributed by atoms with Crippen molar-refractivity contribution in [3.05, 3.63) is 54.1 Å². The highest BCUT2D eigenvalue weighted by Crippen LogP contribution is 2.30. The Balaban J connectivity index is 2.57. The van der Waals surface area contributed by atoms with Crippen molar-refractivity contribution < 1.29 is 9.90 Å². The van der Waals surface area contributed by atoms with Gasteiger partial charge >= 0.3 is 0 Å². The molecular weight excluding hydrogens is 224 g/mol. The van der Waals surface area contributed by atoms with Crippen LogP contribution in [0.25, 0.3) is 21.5 Å². The Morgan fingerprint density at radius 2 is 1.67 bits per heavy atom. The highest BCUT2D eigenvalue weighted by atomic mass is 16.3. The lowest BCUT2D eigenvalue weighted by atomic mass is 9.95. The van der Waals surface area contributed by atoms with Crippen molar-refractivity contribution in [2.24, 2.45) is 0 Å². The third kappa shape index (κ3) is 1.54. The summed E-state index contributed by atoms with van der Waals surface area (Å²) in [6.45, 7) is 1.57. The Hall–Kier alpha value is -2.35. The minimum absolute atomic E-state index is 0.0384. The summed E-state index contributed by atoms with van der Waals surface area (Å²) in [7, 11) is 0. The van der Waals surface area contributed by atoms with Gasteiger partial charge in [-0.25, -0.2) is 0 Å². The fourth-order valence-corrected chi connectivity index (χ4v) is 2.39. The standard InChI is InChI=1S/C16H12O2/c1-10(17)16-9-11-8-12(18)6-7-13(11)14-4-2-3-5-15(14)16/h2-9,18H,1H3. The second-order valence-corrected chi connectivity index (χ2v) is 4.43. The molecule has 0 fully saturated rings. The number of phenols is 1. The Labute approximate surface area is 104 Å². The first-order valence-corrected chi connectivity index (χ1v) is 5.82. The average molecular weight is 236 g/mol. The van der Waals surface area contributed by atoms with Crippen LogP contribution in [0.5, 0.6) is 5.75 Å². The first-order chi connectivity index (χ1) is 8.66. The molecule has 0 atom stereocenters. The van der Waals surface area contributed by atoms with Crippen LogP contribution >= 0.6 is 0 Å². The summed E-state index contributed by atoms with van der Waals surface area (Å²) in [5.74, 6) is 0.253. The Kier molecular flexibility index (Phi) is 2.30. The van der Waals surface area contributed by atoms with E-state index in [1.807, 2.05) is 36.4 Å². The van der Waals surface area contributed by atoms with Gasteiger partial charge < -0.3 is 5.11 Å². The summed E-state index contributed by atoms with van der Waals surface area (Å²) >= 11 is 0. The van der Waals surface area contributed by atoms with Crippen molar-refractivity contribution in [3.63, 3.8) is 0 Å². The molecule has 0 heterocycles. The molecular formula is C16H12O2. The van der Waals surface area contributed by atoms with E-state index >= 15 is 0 Å². The topological polar surface area (TPSA) is 37.3 Å². The van der Waals surface area contributed by atoms with Crippen LogP contribution in [0.3, 0.4) is 0 Å². The number of aromatic hydroxyl groups is 1. The average Bonchev–Trinajstić information content (AvgIpc) is 2.37. The highest BCUT2D eigenvalue weighted by molar-refractivity contribution is 6.17. The monoisotopic (exact) mass is 236 g/mol. The Bertz CT molecular complexity index is 772. The minimum atomic E-state index is 0.0384. The van der Waals surface area contributed by atoms with Gasteiger partial charge in [0.25, 0.3) is 0 Å². The molecule has 2 heteroatoms. The Morgan fingerprint density at radius 1 is 0.944 bits per heavy atom. The quantitative estimate of drug-likeness (QED) is 0.514. The molecule has 18 heavy (non-hydrogen) atoms. The van der Waals surface area contributed by atoms with Crippen molar-refractivity contribution in [1.82, 2.24) is 0 Å². The van der Waals surface area contributed by atoms with E-state index in [1.54, 1.807) is 19.1 Å². The minimum Gasteiger partial charge on any atom is -0.508 e. The maximum Gasteiger partial charge on any atom is 0.160 e. The van der Waals surface area contributed by atoms with Crippen molar-refractivity contribution in [1.29, 1.82) is 0 Å². The molecule has 3 rings (SSSR count). The molecule has 2 nitrogen and oxygen atoms in total. The highest BCUT2D eigenvalue weighted by Gasteiger charge is 2.09. The number of phenolic OH excluding ortho intramolecular Hbond substituents is 1. The lowest BCUT2D eigenvalue weighted by Gasteiger charge is -2.08. The van der Waals surface area contributed by atoms with Gasteiger partial charge in [-0.1, -0.05) is 30.3 Å². The molecule has 0 aliphatic rings. The first kappa shape index (κ1) is 10.8. The number of benzene rings is 3. The number of hydrogen-bond acceptors (Lipinski definition) is 2. The fourth-order valence-electron chi connectivity index (χ4n) is 2.39. The lowest BCUT2D eigenvalue weighted by Crippen LogP contribution is -1.94. The molecule has 3 aromatic carbocycles. The summed E-state index contributed by atoms with van der Waals surface area (Å²) in [6, 6.07) is 14.9. The predicted molar refractivity (Wildman–Crippen MR) is 73.1 cm³/mol. The van der Waals surface area contributed by atoms with E-state index in [0.29, 0.717) is 5.56 Å². The number of carbonyl (C=O) groups is 1. The van der Waals surface area contributed by atoms with Crippen LogP contribution in [0.4, 0.5) is 0 Å². The number of Topliss-reactive ketones (excluding diaryl/α,β-unsaturated/α-hetero) is 1. The number of rotatable bonds is 1. The zero-order valence-electron chi connectivity index (χ0n) is 9.97. The molecule has 0 saturated heterocycles. The third-order valence-corrected chi connectivity index (χ3v) is 3.22. The van der Waals surface area contributed by atoms with E-state index in [4.69, 9.17) is 0 Å².